The quantitative estimate of drug-likeness (QED) is 0.682. The number of nitrogens with one attached hydrogen (secondary N) is 1. The number of nitro groups is 1. The summed E-state index contributed by atoms with van der Waals surface area (Å²) in [5.74, 6) is -1.11. The zero-order valence-corrected chi connectivity index (χ0v) is 9.84. The predicted molar refractivity (Wildman–Crippen MR) is 64.7 cm³/mol. The molecule has 1 aromatic carbocycles. The lowest BCUT2D eigenvalue weighted by atomic mass is 10.2. The lowest BCUT2D eigenvalue weighted by molar-refractivity contribution is -0.380. The topological polar surface area (TPSA) is 55.2 Å². The number of benzene rings is 1. The Bertz CT molecular complexity index is 586. The van der Waals surface area contributed by atoms with E-state index in [1.54, 1.807) is 5.38 Å². The summed E-state index contributed by atoms with van der Waals surface area (Å²) in [5.41, 5.74) is 0.680. The van der Waals surface area contributed by atoms with Gasteiger partial charge in [-0.1, -0.05) is 11.3 Å². The minimum Gasteiger partial charge on any atom is -0.378 e. The summed E-state index contributed by atoms with van der Waals surface area (Å²) in [4.78, 5) is 9.98. The molecule has 0 radical (unpaired) electrons. The van der Waals surface area contributed by atoms with E-state index in [0.717, 1.165) is 29.5 Å². The van der Waals surface area contributed by atoms with E-state index in [-0.39, 0.29) is 17.2 Å². The van der Waals surface area contributed by atoms with Crippen molar-refractivity contribution in [2.45, 2.75) is 6.54 Å². The molecule has 7 heteroatoms. The van der Waals surface area contributed by atoms with Gasteiger partial charge in [-0.05, 0) is 23.8 Å². The molecule has 0 aliphatic carbocycles. The van der Waals surface area contributed by atoms with Crippen LogP contribution in [0.1, 0.15) is 5.56 Å². The molecular weight excluding hydrogens is 262 g/mol. The number of thiophene rings is 1. The number of hydrogen-bond acceptors (Lipinski definition) is 4. The molecule has 0 aliphatic rings. The second kappa shape index (κ2) is 5.09. The monoisotopic (exact) mass is 270 g/mol. The summed E-state index contributed by atoms with van der Waals surface area (Å²) >= 11 is 0.993. The molecule has 4 nitrogen and oxygen atoms in total. The van der Waals surface area contributed by atoms with Crippen molar-refractivity contribution in [3.8, 4) is 0 Å². The van der Waals surface area contributed by atoms with Crippen molar-refractivity contribution in [2.24, 2.45) is 0 Å². The van der Waals surface area contributed by atoms with Crippen molar-refractivity contribution in [1.29, 1.82) is 0 Å². The Kier molecular flexibility index (Phi) is 3.52. The summed E-state index contributed by atoms with van der Waals surface area (Å²) in [6.45, 7) is 0.199. The molecule has 0 unspecified atom stereocenters. The molecule has 2 aromatic rings. The van der Waals surface area contributed by atoms with Gasteiger partial charge in [0.25, 0.3) is 0 Å². The molecule has 0 aliphatic heterocycles. The zero-order chi connectivity index (χ0) is 13.1. The summed E-state index contributed by atoms with van der Waals surface area (Å²) < 4.78 is 26.2. The second-order valence-electron chi connectivity index (χ2n) is 3.53. The first kappa shape index (κ1) is 12.4. The maximum Gasteiger partial charge on any atom is 0.324 e. The van der Waals surface area contributed by atoms with Gasteiger partial charge in [-0.3, -0.25) is 10.1 Å². The van der Waals surface area contributed by atoms with Crippen LogP contribution in [0.15, 0.2) is 29.6 Å². The van der Waals surface area contributed by atoms with Gasteiger partial charge in [0.15, 0.2) is 0 Å². The van der Waals surface area contributed by atoms with Crippen LogP contribution in [-0.2, 0) is 6.54 Å². The normalized spacial score (nSPS) is 10.3. The molecule has 0 atom stereocenters. The Balaban J connectivity index is 2.06. The molecule has 18 heavy (non-hydrogen) atoms. The lowest BCUT2D eigenvalue weighted by Gasteiger charge is -2.05. The third-order valence-electron chi connectivity index (χ3n) is 2.23. The van der Waals surface area contributed by atoms with E-state index in [1.165, 1.54) is 6.07 Å². The SMILES string of the molecule is O=[N+]([O-])c1cc(CNc2cc(F)ccc2F)cs1. The fourth-order valence-corrected chi connectivity index (χ4v) is 2.11. The molecule has 0 amide bonds. The molecule has 1 heterocycles. The number of anilines is 1. The molecule has 0 saturated carbocycles. The van der Waals surface area contributed by atoms with Gasteiger partial charge in [-0.25, -0.2) is 8.78 Å². The first-order valence-electron chi connectivity index (χ1n) is 4.97. The van der Waals surface area contributed by atoms with Crippen LogP contribution in [0.5, 0.6) is 0 Å². The highest BCUT2D eigenvalue weighted by molar-refractivity contribution is 7.13. The Labute approximate surface area is 105 Å². The Morgan fingerprint density at radius 1 is 1.33 bits per heavy atom. The van der Waals surface area contributed by atoms with Gasteiger partial charge >= 0.3 is 5.00 Å². The second-order valence-corrected chi connectivity index (χ2v) is 4.42. The maximum atomic E-state index is 13.3. The van der Waals surface area contributed by atoms with Gasteiger partial charge in [-0.2, -0.15) is 0 Å². The molecular formula is C11H8F2N2O2S. The van der Waals surface area contributed by atoms with E-state index in [0.29, 0.717) is 5.56 Å². The van der Waals surface area contributed by atoms with Crippen molar-refractivity contribution >= 4 is 22.0 Å². The first-order valence-corrected chi connectivity index (χ1v) is 5.85. The molecule has 0 saturated heterocycles. The van der Waals surface area contributed by atoms with Crippen molar-refractivity contribution in [1.82, 2.24) is 0 Å². The van der Waals surface area contributed by atoms with Crippen LogP contribution in [0, 0.1) is 21.7 Å². The molecule has 2 rings (SSSR count). The van der Waals surface area contributed by atoms with Gasteiger partial charge in [0.2, 0.25) is 0 Å². The Hall–Kier alpha value is -2.02. The van der Waals surface area contributed by atoms with Crippen LogP contribution in [0.3, 0.4) is 0 Å². The highest BCUT2D eigenvalue weighted by Gasteiger charge is 2.10. The van der Waals surface area contributed by atoms with E-state index >= 15 is 0 Å². The third-order valence-corrected chi connectivity index (χ3v) is 3.16. The van der Waals surface area contributed by atoms with Gasteiger partial charge in [-0.15, -0.1) is 0 Å². The van der Waals surface area contributed by atoms with Gasteiger partial charge in [0.05, 0.1) is 10.6 Å². The third kappa shape index (κ3) is 2.80. The summed E-state index contributed by atoms with van der Waals surface area (Å²) in [6.07, 6.45) is 0. The number of rotatable bonds is 4. The van der Waals surface area contributed by atoms with Crippen LogP contribution in [0.25, 0.3) is 0 Å². The van der Waals surface area contributed by atoms with Crippen LogP contribution in [-0.4, -0.2) is 4.92 Å². The van der Waals surface area contributed by atoms with Crippen molar-refractivity contribution in [3.05, 3.63) is 57.0 Å². The number of hydrogen-bond donors (Lipinski definition) is 1. The average molecular weight is 270 g/mol. The van der Waals surface area contributed by atoms with Crippen LogP contribution >= 0.6 is 11.3 Å². The summed E-state index contributed by atoms with van der Waals surface area (Å²) in [5, 5.41) is 14.8. The molecule has 0 spiro atoms. The predicted octanol–water partition coefficient (Wildman–Crippen LogP) is 3.55. The fourth-order valence-electron chi connectivity index (χ4n) is 1.38. The first-order chi connectivity index (χ1) is 8.56. The smallest absolute Gasteiger partial charge is 0.324 e. The highest BCUT2D eigenvalue weighted by atomic mass is 32.1. The minimum atomic E-state index is -0.568. The Morgan fingerprint density at radius 3 is 2.78 bits per heavy atom. The van der Waals surface area contributed by atoms with E-state index in [2.05, 4.69) is 5.32 Å². The van der Waals surface area contributed by atoms with E-state index < -0.39 is 16.6 Å². The summed E-state index contributed by atoms with van der Waals surface area (Å²) in [6, 6.07) is 4.48. The summed E-state index contributed by atoms with van der Waals surface area (Å²) in [7, 11) is 0. The largest absolute Gasteiger partial charge is 0.378 e. The van der Waals surface area contributed by atoms with E-state index in [4.69, 9.17) is 0 Å². The molecule has 0 fully saturated rings. The Morgan fingerprint density at radius 2 is 2.11 bits per heavy atom. The van der Waals surface area contributed by atoms with Crippen molar-refractivity contribution in [2.75, 3.05) is 5.32 Å². The molecule has 0 bridgehead atoms. The van der Waals surface area contributed by atoms with Gasteiger partial charge in [0.1, 0.15) is 11.6 Å². The average Bonchev–Trinajstić information content (AvgIpc) is 2.79. The van der Waals surface area contributed by atoms with Crippen LogP contribution < -0.4 is 5.32 Å². The van der Waals surface area contributed by atoms with Crippen LogP contribution in [0.2, 0.25) is 0 Å². The fraction of sp³-hybridized carbons (Fsp3) is 0.0909. The van der Waals surface area contributed by atoms with E-state index in [9.17, 15) is 18.9 Å². The van der Waals surface area contributed by atoms with Gasteiger partial charge < -0.3 is 5.32 Å². The maximum absolute atomic E-state index is 13.3. The minimum absolute atomic E-state index is 0.0199. The standard InChI is InChI=1S/C11H8F2N2O2S/c12-8-1-2-9(13)10(4-8)14-5-7-3-11(15(16)17)18-6-7/h1-4,6,14H,5H2. The lowest BCUT2D eigenvalue weighted by Crippen LogP contribution is -2.00. The zero-order valence-electron chi connectivity index (χ0n) is 9.02. The van der Waals surface area contributed by atoms with Crippen LogP contribution in [0.4, 0.5) is 19.5 Å². The van der Waals surface area contributed by atoms with E-state index in [1.807, 2.05) is 0 Å². The molecule has 94 valence electrons. The number of halogens is 2. The molecule has 1 N–H and O–H groups in total. The van der Waals surface area contributed by atoms with Gasteiger partial charge in [0, 0.05) is 18.0 Å². The highest BCUT2D eigenvalue weighted by Crippen LogP contribution is 2.24. The molecule has 1 aromatic heterocycles. The number of nitrogens with zero attached hydrogens (tertiary/aromatic N) is 1. The van der Waals surface area contributed by atoms with Crippen molar-refractivity contribution < 1.29 is 13.7 Å². The van der Waals surface area contributed by atoms with Crippen molar-refractivity contribution in [3.63, 3.8) is 0 Å².